The molecule has 3 rings (SSSR count). The van der Waals surface area contributed by atoms with E-state index in [0.717, 1.165) is 4.47 Å². The van der Waals surface area contributed by atoms with Crippen molar-refractivity contribution in [2.45, 2.75) is 19.8 Å². The minimum absolute atomic E-state index is 0.569. The Kier molecular flexibility index (Phi) is 2.21. The zero-order valence-corrected chi connectivity index (χ0v) is 11.0. The standard InChI is InChI=1S/C14H14BrN/c1-8-6-7-11-10-4-3-5-12(15)14(10)16-13(11)9(8)2/h3-9,16H,1-2H3. The topological polar surface area (TPSA) is 15.8 Å². The molecule has 0 saturated carbocycles. The molecule has 0 fully saturated rings. The van der Waals surface area contributed by atoms with E-state index >= 15 is 0 Å². The predicted molar refractivity (Wildman–Crippen MR) is 72.6 cm³/mol. The lowest BCUT2D eigenvalue weighted by molar-refractivity contribution is 0.575. The van der Waals surface area contributed by atoms with Crippen molar-refractivity contribution in [3.8, 4) is 0 Å². The third-order valence-electron chi connectivity index (χ3n) is 3.66. The summed E-state index contributed by atoms with van der Waals surface area (Å²) < 4.78 is 1.15. The molecule has 0 radical (unpaired) electrons. The van der Waals surface area contributed by atoms with Crippen molar-refractivity contribution in [1.29, 1.82) is 0 Å². The van der Waals surface area contributed by atoms with Gasteiger partial charge >= 0.3 is 0 Å². The average molecular weight is 276 g/mol. The predicted octanol–water partition coefficient (Wildman–Crippen LogP) is 4.70. The van der Waals surface area contributed by atoms with Gasteiger partial charge in [-0.1, -0.05) is 38.1 Å². The van der Waals surface area contributed by atoms with Crippen LogP contribution in [0.5, 0.6) is 0 Å². The molecule has 0 aliphatic heterocycles. The zero-order chi connectivity index (χ0) is 11.3. The van der Waals surface area contributed by atoms with Crippen LogP contribution in [0.15, 0.2) is 28.7 Å². The SMILES string of the molecule is CC1C=Cc2c([nH]c3c(Br)cccc23)C1C. The quantitative estimate of drug-likeness (QED) is 0.718. The summed E-state index contributed by atoms with van der Waals surface area (Å²) in [4.78, 5) is 3.57. The van der Waals surface area contributed by atoms with E-state index in [1.807, 2.05) is 0 Å². The van der Waals surface area contributed by atoms with Gasteiger partial charge in [-0.15, -0.1) is 0 Å². The lowest BCUT2D eigenvalue weighted by Crippen LogP contribution is -2.08. The molecule has 0 saturated heterocycles. The van der Waals surface area contributed by atoms with Gasteiger partial charge in [0.05, 0.1) is 5.52 Å². The number of hydrogen-bond acceptors (Lipinski definition) is 0. The van der Waals surface area contributed by atoms with Crippen molar-refractivity contribution in [1.82, 2.24) is 4.98 Å². The maximum atomic E-state index is 3.60. The Balaban J connectivity index is 2.36. The summed E-state index contributed by atoms with van der Waals surface area (Å²) in [6, 6.07) is 6.36. The number of rotatable bonds is 0. The Hall–Kier alpha value is -1.02. The minimum Gasteiger partial charge on any atom is -0.357 e. The molecule has 16 heavy (non-hydrogen) atoms. The van der Waals surface area contributed by atoms with E-state index in [1.165, 1.54) is 22.2 Å². The van der Waals surface area contributed by atoms with Crippen LogP contribution in [0, 0.1) is 5.92 Å². The number of para-hydroxylation sites is 1. The van der Waals surface area contributed by atoms with Crippen molar-refractivity contribution in [2.75, 3.05) is 0 Å². The normalized spacial score (nSPS) is 23.7. The number of allylic oxidation sites excluding steroid dienone is 1. The van der Waals surface area contributed by atoms with Crippen molar-refractivity contribution in [2.24, 2.45) is 5.92 Å². The fraction of sp³-hybridized carbons (Fsp3) is 0.286. The molecule has 2 unspecified atom stereocenters. The van der Waals surface area contributed by atoms with Crippen molar-refractivity contribution in [3.63, 3.8) is 0 Å². The molecule has 1 aliphatic carbocycles. The van der Waals surface area contributed by atoms with Gasteiger partial charge in [0.25, 0.3) is 0 Å². The number of hydrogen-bond donors (Lipinski definition) is 1. The third kappa shape index (κ3) is 1.29. The molecular weight excluding hydrogens is 262 g/mol. The molecule has 1 nitrogen and oxygen atoms in total. The van der Waals surface area contributed by atoms with Crippen LogP contribution in [0.4, 0.5) is 0 Å². The lowest BCUT2D eigenvalue weighted by Gasteiger charge is -2.20. The first-order valence-corrected chi connectivity index (χ1v) is 6.46. The number of benzene rings is 1. The van der Waals surface area contributed by atoms with Crippen LogP contribution < -0.4 is 0 Å². The number of aromatic nitrogens is 1. The highest BCUT2D eigenvalue weighted by molar-refractivity contribution is 9.10. The lowest BCUT2D eigenvalue weighted by atomic mass is 9.85. The number of aromatic amines is 1. The van der Waals surface area contributed by atoms with Crippen LogP contribution in [0.25, 0.3) is 17.0 Å². The Morgan fingerprint density at radius 1 is 1.25 bits per heavy atom. The second-order valence-electron chi connectivity index (χ2n) is 4.62. The zero-order valence-electron chi connectivity index (χ0n) is 9.42. The van der Waals surface area contributed by atoms with Gasteiger partial charge < -0.3 is 4.98 Å². The summed E-state index contributed by atoms with van der Waals surface area (Å²) >= 11 is 3.60. The highest BCUT2D eigenvalue weighted by Crippen LogP contribution is 2.38. The average Bonchev–Trinajstić information content (AvgIpc) is 2.65. The van der Waals surface area contributed by atoms with Gasteiger partial charge in [-0.3, -0.25) is 0 Å². The molecule has 2 atom stereocenters. The molecule has 0 amide bonds. The largest absolute Gasteiger partial charge is 0.357 e. The van der Waals surface area contributed by atoms with Crippen LogP contribution in [0.2, 0.25) is 0 Å². The van der Waals surface area contributed by atoms with E-state index in [2.05, 4.69) is 65.1 Å². The van der Waals surface area contributed by atoms with Gasteiger partial charge in [0.1, 0.15) is 0 Å². The van der Waals surface area contributed by atoms with E-state index in [-0.39, 0.29) is 0 Å². The van der Waals surface area contributed by atoms with Crippen LogP contribution in [-0.4, -0.2) is 4.98 Å². The van der Waals surface area contributed by atoms with E-state index in [4.69, 9.17) is 0 Å². The molecule has 82 valence electrons. The van der Waals surface area contributed by atoms with E-state index in [9.17, 15) is 0 Å². The molecular formula is C14H14BrN. The van der Waals surface area contributed by atoms with Crippen LogP contribution in [0.3, 0.4) is 0 Å². The molecule has 0 spiro atoms. The molecule has 0 bridgehead atoms. The second-order valence-corrected chi connectivity index (χ2v) is 5.48. The Morgan fingerprint density at radius 3 is 2.88 bits per heavy atom. The van der Waals surface area contributed by atoms with Crippen LogP contribution >= 0.6 is 15.9 Å². The van der Waals surface area contributed by atoms with Crippen LogP contribution in [-0.2, 0) is 0 Å². The van der Waals surface area contributed by atoms with Gasteiger partial charge in [-0.05, 0) is 27.9 Å². The molecule has 1 aromatic carbocycles. The Bertz CT molecular complexity index is 580. The van der Waals surface area contributed by atoms with Crippen molar-refractivity contribution in [3.05, 3.63) is 40.0 Å². The fourth-order valence-corrected chi connectivity index (χ4v) is 2.90. The maximum Gasteiger partial charge on any atom is 0.0606 e. The van der Waals surface area contributed by atoms with Crippen molar-refractivity contribution >= 4 is 32.9 Å². The first-order valence-electron chi connectivity index (χ1n) is 5.67. The first-order chi connectivity index (χ1) is 7.68. The third-order valence-corrected chi connectivity index (χ3v) is 4.32. The Labute approximate surface area is 104 Å². The molecule has 1 N–H and O–H groups in total. The highest BCUT2D eigenvalue weighted by Gasteiger charge is 2.22. The first kappa shape index (κ1) is 10.2. The van der Waals surface area contributed by atoms with Crippen molar-refractivity contribution < 1.29 is 0 Å². The maximum absolute atomic E-state index is 3.60. The number of halogens is 1. The number of fused-ring (bicyclic) bond motifs is 3. The molecule has 1 aromatic heterocycles. The molecule has 1 heterocycles. The monoisotopic (exact) mass is 275 g/mol. The van der Waals surface area contributed by atoms with Gasteiger partial charge in [0, 0.05) is 27.0 Å². The fourth-order valence-electron chi connectivity index (χ4n) is 2.44. The molecule has 2 heteroatoms. The van der Waals surface area contributed by atoms with Gasteiger partial charge in [0.2, 0.25) is 0 Å². The molecule has 1 aliphatic rings. The summed E-state index contributed by atoms with van der Waals surface area (Å²) in [6.45, 7) is 4.56. The molecule has 2 aromatic rings. The summed E-state index contributed by atoms with van der Waals surface area (Å²) in [5, 5.41) is 1.32. The van der Waals surface area contributed by atoms with E-state index < -0.39 is 0 Å². The van der Waals surface area contributed by atoms with E-state index in [1.54, 1.807) is 0 Å². The van der Waals surface area contributed by atoms with E-state index in [0.29, 0.717) is 11.8 Å². The number of nitrogens with one attached hydrogen (secondary N) is 1. The minimum atomic E-state index is 0.569. The second kappa shape index (κ2) is 3.49. The Morgan fingerprint density at radius 2 is 2.06 bits per heavy atom. The highest BCUT2D eigenvalue weighted by atomic mass is 79.9. The van der Waals surface area contributed by atoms with Gasteiger partial charge in [-0.25, -0.2) is 0 Å². The summed E-state index contributed by atoms with van der Waals surface area (Å²) in [5.41, 5.74) is 3.96. The van der Waals surface area contributed by atoms with Gasteiger partial charge in [-0.2, -0.15) is 0 Å². The summed E-state index contributed by atoms with van der Waals surface area (Å²) in [7, 11) is 0. The number of H-pyrrole nitrogens is 1. The summed E-state index contributed by atoms with van der Waals surface area (Å²) in [5.74, 6) is 1.18. The summed E-state index contributed by atoms with van der Waals surface area (Å²) in [6.07, 6.45) is 4.56. The smallest absolute Gasteiger partial charge is 0.0606 e. The van der Waals surface area contributed by atoms with Crippen LogP contribution in [0.1, 0.15) is 31.0 Å². The van der Waals surface area contributed by atoms with Gasteiger partial charge in [0.15, 0.2) is 0 Å².